The van der Waals surface area contributed by atoms with E-state index in [2.05, 4.69) is 4.98 Å². The molecule has 0 spiro atoms. The second-order valence-corrected chi connectivity index (χ2v) is 4.59. The van der Waals surface area contributed by atoms with Crippen LogP contribution < -0.4 is 0 Å². The second kappa shape index (κ2) is 3.33. The SMILES string of the molecule is O=C(Cc1ccncc1)N1CC2CC2C1. The first-order valence-corrected chi connectivity index (χ1v) is 5.49. The van der Waals surface area contributed by atoms with Crippen molar-refractivity contribution in [3.8, 4) is 0 Å². The molecular weight excluding hydrogens is 188 g/mol. The Morgan fingerprint density at radius 3 is 2.67 bits per heavy atom. The largest absolute Gasteiger partial charge is 0.342 e. The van der Waals surface area contributed by atoms with Crippen LogP contribution in [0.5, 0.6) is 0 Å². The number of fused-ring (bicyclic) bond motifs is 1. The fourth-order valence-electron chi connectivity index (χ4n) is 2.39. The molecule has 2 atom stereocenters. The Bertz CT molecular complexity index is 366. The first kappa shape index (κ1) is 8.89. The number of rotatable bonds is 2. The summed E-state index contributed by atoms with van der Waals surface area (Å²) in [5.74, 6) is 1.92. The molecule has 3 rings (SSSR count). The molecule has 2 heterocycles. The van der Waals surface area contributed by atoms with Crippen LogP contribution in [0.4, 0.5) is 0 Å². The Balaban J connectivity index is 1.61. The summed E-state index contributed by atoms with van der Waals surface area (Å²) in [6.07, 6.45) is 5.36. The zero-order chi connectivity index (χ0) is 10.3. The molecule has 1 saturated carbocycles. The predicted molar refractivity (Wildman–Crippen MR) is 56.1 cm³/mol. The minimum atomic E-state index is 0.272. The highest BCUT2D eigenvalue weighted by atomic mass is 16.2. The number of aromatic nitrogens is 1. The third-order valence-corrected chi connectivity index (χ3v) is 3.44. The highest BCUT2D eigenvalue weighted by Gasteiger charge is 2.46. The lowest BCUT2D eigenvalue weighted by atomic mass is 10.2. The van der Waals surface area contributed by atoms with Crippen molar-refractivity contribution in [2.24, 2.45) is 11.8 Å². The van der Waals surface area contributed by atoms with E-state index >= 15 is 0 Å². The van der Waals surface area contributed by atoms with Crippen LogP contribution in [0.25, 0.3) is 0 Å². The van der Waals surface area contributed by atoms with Gasteiger partial charge in [-0.25, -0.2) is 0 Å². The van der Waals surface area contributed by atoms with Crippen molar-refractivity contribution in [1.29, 1.82) is 0 Å². The molecule has 2 unspecified atom stereocenters. The lowest BCUT2D eigenvalue weighted by Gasteiger charge is -2.17. The maximum Gasteiger partial charge on any atom is 0.227 e. The summed E-state index contributed by atoms with van der Waals surface area (Å²) in [5.41, 5.74) is 1.07. The average molecular weight is 202 g/mol. The van der Waals surface area contributed by atoms with Crippen molar-refractivity contribution in [3.05, 3.63) is 30.1 Å². The molecule has 1 aliphatic carbocycles. The molecule has 0 aromatic carbocycles. The Hall–Kier alpha value is -1.38. The van der Waals surface area contributed by atoms with Crippen LogP contribution >= 0.6 is 0 Å². The van der Waals surface area contributed by atoms with E-state index in [1.165, 1.54) is 6.42 Å². The lowest BCUT2D eigenvalue weighted by molar-refractivity contribution is -0.129. The normalized spacial score (nSPS) is 27.6. The summed E-state index contributed by atoms with van der Waals surface area (Å²) in [4.78, 5) is 17.8. The topological polar surface area (TPSA) is 33.2 Å². The Kier molecular flexibility index (Phi) is 1.97. The van der Waals surface area contributed by atoms with E-state index in [1.807, 2.05) is 17.0 Å². The summed E-state index contributed by atoms with van der Waals surface area (Å²) < 4.78 is 0. The van der Waals surface area contributed by atoms with Gasteiger partial charge in [-0.3, -0.25) is 9.78 Å². The highest BCUT2D eigenvalue weighted by molar-refractivity contribution is 5.79. The molecule has 0 bridgehead atoms. The van der Waals surface area contributed by atoms with Gasteiger partial charge in [-0.1, -0.05) is 0 Å². The first-order chi connectivity index (χ1) is 7.33. The van der Waals surface area contributed by atoms with Gasteiger partial charge in [-0.05, 0) is 36.0 Å². The molecule has 0 N–H and O–H groups in total. The zero-order valence-electron chi connectivity index (χ0n) is 8.60. The van der Waals surface area contributed by atoms with Gasteiger partial charge in [-0.15, -0.1) is 0 Å². The number of carbonyl (C=O) groups is 1. The molecule has 2 fully saturated rings. The molecule has 1 aliphatic heterocycles. The van der Waals surface area contributed by atoms with Gasteiger partial charge in [0.15, 0.2) is 0 Å². The fourth-order valence-corrected chi connectivity index (χ4v) is 2.39. The third kappa shape index (κ3) is 1.74. The lowest BCUT2D eigenvalue weighted by Crippen LogP contribution is -2.31. The molecule has 1 aromatic heterocycles. The van der Waals surface area contributed by atoms with E-state index in [-0.39, 0.29) is 5.91 Å². The van der Waals surface area contributed by atoms with Crippen LogP contribution in [0.15, 0.2) is 24.5 Å². The smallest absolute Gasteiger partial charge is 0.227 e. The van der Waals surface area contributed by atoms with Crippen molar-refractivity contribution in [1.82, 2.24) is 9.88 Å². The van der Waals surface area contributed by atoms with Crippen LogP contribution in [0, 0.1) is 11.8 Å². The molecule has 3 heteroatoms. The van der Waals surface area contributed by atoms with E-state index in [0.29, 0.717) is 6.42 Å². The quantitative estimate of drug-likeness (QED) is 0.719. The summed E-state index contributed by atoms with van der Waals surface area (Å²) >= 11 is 0. The molecule has 1 aromatic rings. The van der Waals surface area contributed by atoms with Crippen LogP contribution in [-0.4, -0.2) is 28.9 Å². The number of piperidine rings is 1. The number of hydrogen-bond donors (Lipinski definition) is 0. The van der Waals surface area contributed by atoms with Gasteiger partial charge in [0, 0.05) is 25.5 Å². The molecule has 1 saturated heterocycles. The number of carbonyl (C=O) groups excluding carboxylic acids is 1. The van der Waals surface area contributed by atoms with Gasteiger partial charge in [0.25, 0.3) is 0 Å². The fraction of sp³-hybridized carbons (Fsp3) is 0.500. The summed E-state index contributed by atoms with van der Waals surface area (Å²) in [5, 5.41) is 0. The van der Waals surface area contributed by atoms with Gasteiger partial charge in [-0.2, -0.15) is 0 Å². The predicted octanol–water partition coefficient (Wildman–Crippen LogP) is 1.10. The maximum atomic E-state index is 11.9. The minimum Gasteiger partial charge on any atom is -0.342 e. The molecule has 2 aliphatic rings. The van der Waals surface area contributed by atoms with E-state index in [1.54, 1.807) is 12.4 Å². The van der Waals surface area contributed by atoms with Crippen molar-refractivity contribution >= 4 is 5.91 Å². The monoisotopic (exact) mass is 202 g/mol. The van der Waals surface area contributed by atoms with Crippen molar-refractivity contribution in [2.75, 3.05) is 13.1 Å². The Morgan fingerprint density at radius 1 is 1.33 bits per heavy atom. The summed E-state index contributed by atoms with van der Waals surface area (Å²) in [6.45, 7) is 1.99. The first-order valence-electron chi connectivity index (χ1n) is 5.49. The standard InChI is InChI=1S/C12H14N2O/c15-12(5-9-1-3-13-4-2-9)14-7-10-6-11(10)8-14/h1-4,10-11H,5-8H2. The van der Waals surface area contributed by atoms with Crippen LogP contribution in [-0.2, 0) is 11.2 Å². The molecule has 0 radical (unpaired) electrons. The van der Waals surface area contributed by atoms with E-state index in [9.17, 15) is 4.79 Å². The van der Waals surface area contributed by atoms with Crippen LogP contribution in [0.2, 0.25) is 0 Å². The number of likely N-dealkylation sites (tertiary alicyclic amines) is 1. The molecule has 3 nitrogen and oxygen atoms in total. The zero-order valence-corrected chi connectivity index (χ0v) is 8.60. The van der Waals surface area contributed by atoms with Crippen LogP contribution in [0.1, 0.15) is 12.0 Å². The number of amides is 1. The van der Waals surface area contributed by atoms with Crippen molar-refractivity contribution in [2.45, 2.75) is 12.8 Å². The minimum absolute atomic E-state index is 0.272. The van der Waals surface area contributed by atoms with Crippen molar-refractivity contribution in [3.63, 3.8) is 0 Å². The van der Waals surface area contributed by atoms with Crippen molar-refractivity contribution < 1.29 is 4.79 Å². The Labute approximate surface area is 89.1 Å². The van der Waals surface area contributed by atoms with Gasteiger partial charge in [0.1, 0.15) is 0 Å². The van der Waals surface area contributed by atoms with E-state index in [0.717, 1.165) is 30.5 Å². The Morgan fingerprint density at radius 2 is 2.00 bits per heavy atom. The van der Waals surface area contributed by atoms with Gasteiger partial charge in [0.05, 0.1) is 6.42 Å². The van der Waals surface area contributed by atoms with Gasteiger partial charge in [0.2, 0.25) is 5.91 Å². The maximum absolute atomic E-state index is 11.9. The number of nitrogens with zero attached hydrogens (tertiary/aromatic N) is 2. The van der Waals surface area contributed by atoms with Gasteiger partial charge < -0.3 is 4.90 Å². The number of hydrogen-bond acceptors (Lipinski definition) is 2. The third-order valence-electron chi connectivity index (χ3n) is 3.44. The summed E-state index contributed by atoms with van der Waals surface area (Å²) in [7, 11) is 0. The molecule has 15 heavy (non-hydrogen) atoms. The second-order valence-electron chi connectivity index (χ2n) is 4.59. The average Bonchev–Trinajstić information content (AvgIpc) is 2.87. The molecule has 78 valence electrons. The van der Waals surface area contributed by atoms with E-state index < -0.39 is 0 Å². The van der Waals surface area contributed by atoms with Gasteiger partial charge >= 0.3 is 0 Å². The van der Waals surface area contributed by atoms with Crippen LogP contribution in [0.3, 0.4) is 0 Å². The van der Waals surface area contributed by atoms with E-state index in [4.69, 9.17) is 0 Å². The molecule has 1 amide bonds. The summed E-state index contributed by atoms with van der Waals surface area (Å²) in [6, 6.07) is 3.82. The molecular formula is C12H14N2O. The highest BCUT2D eigenvalue weighted by Crippen LogP contribution is 2.44. The number of pyridine rings is 1.